The highest BCUT2D eigenvalue weighted by Crippen LogP contribution is 2.12. The number of hydrogen-bond acceptors (Lipinski definition) is 6. The van der Waals surface area contributed by atoms with Gasteiger partial charge in [0, 0.05) is 0 Å². The quantitative estimate of drug-likeness (QED) is 0.686. The molecule has 0 bridgehead atoms. The SMILES string of the molecule is CC(C)(C#N)OC(=O)CCC(=O)OC(C)(C)C#N. The van der Waals surface area contributed by atoms with Gasteiger partial charge in [-0.05, 0) is 27.7 Å². The van der Waals surface area contributed by atoms with Crippen molar-refractivity contribution in [3.05, 3.63) is 0 Å². The van der Waals surface area contributed by atoms with E-state index in [9.17, 15) is 9.59 Å². The van der Waals surface area contributed by atoms with E-state index in [1.807, 2.05) is 0 Å². The van der Waals surface area contributed by atoms with Gasteiger partial charge in [0.1, 0.15) is 12.1 Å². The molecule has 0 radical (unpaired) electrons. The third-order valence-electron chi connectivity index (χ3n) is 1.81. The normalized spacial score (nSPS) is 11.0. The molecule has 18 heavy (non-hydrogen) atoms. The molecule has 0 aromatic rings. The fourth-order valence-electron chi connectivity index (χ4n) is 0.921. The molecular weight excluding hydrogens is 236 g/mol. The molecule has 0 aromatic heterocycles. The first-order valence-corrected chi connectivity index (χ1v) is 5.38. The molecule has 6 nitrogen and oxygen atoms in total. The molecule has 0 heterocycles. The van der Waals surface area contributed by atoms with Crippen LogP contribution in [0.5, 0.6) is 0 Å². The molecule has 0 amide bonds. The van der Waals surface area contributed by atoms with Gasteiger partial charge in [-0.2, -0.15) is 10.5 Å². The smallest absolute Gasteiger partial charge is 0.307 e. The van der Waals surface area contributed by atoms with E-state index in [4.69, 9.17) is 20.0 Å². The zero-order valence-corrected chi connectivity index (χ0v) is 10.9. The zero-order valence-electron chi connectivity index (χ0n) is 10.9. The van der Waals surface area contributed by atoms with Crippen molar-refractivity contribution < 1.29 is 19.1 Å². The minimum Gasteiger partial charge on any atom is -0.444 e. The predicted molar refractivity (Wildman–Crippen MR) is 60.8 cm³/mol. The Balaban J connectivity index is 4.14. The van der Waals surface area contributed by atoms with Crippen LogP contribution in [0.15, 0.2) is 0 Å². The van der Waals surface area contributed by atoms with E-state index in [1.165, 1.54) is 27.7 Å². The minimum atomic E-state index is -1.22. The van der Waals surface area contributed by atoms with Gasteiger partial charge in [-0.15, -0.1) is 0 Å². The summed E-state index contributed by atoms with van der Waals surface area (Å²) in [5.74, 6) is -1.32. The lowest BCUT2D eigenvalue weighted by molar-refractivity contribution is -0.159. The standard InChI is InChI=1S/C12H16N2O4/c1-11(2,7-13)17-9(15)5-6-10(16)18-12(3,4)8-14/h5-6H2,1-4H3. The average molecular weight is 252 g/mol. The van der Waals surface area contributed by atoms with E-state index < -0.39 is 23.1 Å². The zero-order chi connectivity index (χ0) is 14.4. The maximum atomic E-state index is 11.3. The van der Waals surface area contributed by atoms with Crippen molar-refractivity contribution in [1.82, 2.24) is 0 Å². The first-order chi connectivity index (χ1) is 8.12. The molecule has 0 unspecified atom stereocenters. The number of ether oxygens (including phenoxy) is 2. The monoisotopic (exact) mass is 252 g/mol. The van der Waals surface area contributed by atoms with Crippen LogP contribution in [-0.4, -0.2) is 23.1 Å². The second kappa shape index (κ2) is 6.02. The van der Waals surface area contributed by atoms with Gasteiger partial charge >= 0.3 is 11.9 Å². The summed E-state index contributed by atoms with van der Waals surface area (Å²) in [6.07, 6.45) is -0.378. The van der Waals surface area contributed by atoms with Crippen LogP contribution in [0.4, 0.5) is 0 Å². The molecule has 0 saturated heterocycles. The predicted octanol–water partition coefficient (Wildman–Crippen LogP) is 1.46. The molecule has 0 saturated carbocycles. The summed E-state index contributed by atoms with van der Waals surface area (Å²) in [6.45, 7) is 5.79. The van der Waals surface area contributed by atoms with Crippen molar-refractivity contribution in [3.63, 3.8) is 0 Å². The molecule has 0 aliphatic carbocycles. The fraction of sp³-hybridized carbons (Fsp3) is 0.667. The molecule has 98 valence electrons. The van der Waals surface area contributed by atoms with E-state index in [-0.39, 0.29) is 12.8 Å². The van der Waals surface area contributed by atoms with Gasteiger partial charge in [0.15, 0.2) is 11.2 Å². The molecule has 0 fully saturated rings. The molecule has 0 rings (SSSR count). The molecule has 0 N–H and O–H groups in total. The van der Waals surface area contributed by atoms with Crippen LogP contribution in [0.25, 0.3) is 0 Å². The molecule has 0 spiro atoms. The Morgan fingerprint density at radius 1 is 0.889 bits per heavy atom. The third kappa shape index (κ3) is 6.49. The van der Waals surface area contributed by atoms with Crippen molar-refractivity contribution in [2.75, 3.05) is 0 Å². The topological polar surface area (TPSA) is 100 Å². The highest BCUT2D eigenvalue weighted by molar-refractivity contribution is 5.78. The molecule has 0 aliphatic heterocycles. The van der Waals surface area contributed by atoms with Crippen LogP contribution < -0.4 is 0 Å². The van der Waals surface area contributed by atoms with Crippen LogP contribution in [-0.2, 0) is 19.1 Å². The fourth-order valence-corrected chi connectivity index (χ4v) is 0.921. The minimum absolute atomic E-state index is 0.189. The molecular formula is C12H16N2O4. The number of carbonyl (C=O) groups is 2. The average Bonchev–Trinajstić information content (AvgIpc) is 2.25. The first kappa shape index (κ1) is 15.9. The highest BCUT2D eigenvalue weighted by Gasteiger charge is 2.25. The van der Waals surface area contributed by atoms with E-state index in [0.717, 1.165) is 0 Å². The van der Waals surface area contributed by atoms with Crippen LogP contribution in [0.1, 0.15) is 40.5 Å². The number of carbonyl (C=O) groups excluding carboxylic acids is 2. The van der Waals surface area contributed by atoms with Crippen LogP contribution in [0.2, 0.25) is 0 Å². The summed E-state index contributed by atoms with van der Waals surface area (Å²) >= 11 is 0. The largest absolute Gasteiger partial charge is 0.444 e. The summed E-state index contributed by atoms with van der Waals surface area (Å²) in [6, 6.07) is 3.61. The summed E-state index contributed by atoms with van der Waals surface area (Å²) in [7, 11) is 0. The van der Waals surface area contributed by atoms with E-state index in [2.05, 4.69) is 0 Å². The van der Waals surface area contributed by atoms with Gasteiger partial charge in [-0.3, -0.25) is 9.59 Å². The van der Waals surface area contributed by atoms with Gasteiger partial charge in [0.05, 0.1) is 12.8 Å². The van der Waals surface area contributed by atoms with Gasteiger partial charge in [0.2, 0.25) is 0 Å². The van der Waals surface area contributed by atoms with Gasteiger partial charge < -0.3 is 9.47 Å². The Bertz CT molecular complexity index is 373. The Morgan fingerprint density at radius 3 is 1.39 bits per heavy atom. The van der Waals surface area contributed by atoms with Crippen molar-refractivity contribution in [3.8, 4) is 12.1 Å². The lowest BCUT2D eigenvalue weighted by Gasteiger charge is -2.18. The number of nitrogens with zero attached hydrogens (tertiary/aromatic N) is 2. The summed E-state index contributed by atoms with van der Waals surface area (Å²) < 4.78 is 9.64. The second-order valence-corrected chi connectivity index (χ2v) is 4.69. The maximum Gasteiger partial charge on any atom is 0.307 e. The highest BCUT2D eigenvalue weighted by atomic mass is 16.6. The number of nitriles is 2. The van der Waals surface area contributed by atoms with Crippen molar-refractivity contribution in [2.45, 2.75) is 51.7 Å². The number of rotatable bonds is 5. The first-order valence-electron chi connectivity index (χ1n) is 5.38. The third-order valence-corrected chi connectivity index (χ3v) is 1.81. The van der Waals surface area contributed by atoms with E-state index in [1.54, 1.807) is 12.1 Å². The Labute approximate surface area is 106 Å². The summed E-state index contributed by atoms with van der Waals surface area (Å²) in [5, 5.41) is 17.3. The number of esters is 2. The molecule has 0 atom stereocenters. The molecule has 0 aliphatic rings. The lowest BCUT2D eigenvalue weighted by atomic mass is 10.1. The van der Waals surface area contributed by atoms with E-state index >= 15 is 0 Å². The maximum absolute atomic E-state index is 11.3. The van der Waals surface area contributed by atoms with Gasteiger partial charge in [-0.1, -0.05) is 0 Å². The number of hydrogen-bond donors (Lipinski definition) is 0. The Hall–Kier alpha value is -2.08. The van der Waals surface area contributed by atoms with Crippen LogP contribution >= 0.6 is 0 Å². The van der Waals surface area contributed by atoms with Gasteiger partial charge in [0.25, 0.3) is 0 Å². The van der Waals surface area contributed by atoms with Crippen molar-refractivity contribution in [1.29, 1.82) is 10.5 Å². The Kier molecular flexibility index (Phi) is 5.32. The van der Waals surface area contributed by atoms with Gasteiger partial charge in [-0.25, -0.2) is 0 Å². The van der Waals surface area contributed by atoms with Crippen molar-refractivity contribution >= 4 is 11.9 Å². The lowest BCUT2D eigenvalue weighted by Crippen LogP contribution is -2.28. The van der Waals surface area contributed by atoms with Crippen LogP contribution in [0.3, 0.4) is 0 Å². The van der Waals surface area contributed by atoms with E-state index in [0.29, 0.717) is 0 Å². The second-order valence-electron chi connectivity index (χ2n) is 4.69. The van der Waals surface area contributed by atoms with Crippen molar-refractivity contribution in [2.24, 2.45) is 0 Å². The Morgan fingerprint density at radius 2 is 1.17 bits per heavy atom. The van der Waals surface area contributed by atoms with Crippen LogP contribution in [0, 0.1) is 22.7 Å². The summed E-state index contributed by atoms with van der Waals surface area (Å²) in [5.41, 5.74) is -2.43. The molecule has 0 aromatic carbocycles. The molecule has 6 heteroatoms. The summed E-state index contributed by atoms with van der Waals surface area (Å²) in [4.78, 5) is 22.6.